The van der Waals surface area contributed by atoms with Gasteiger partial charge in [-0.05, 0) is 65.7 Å². The number of halogens is 1. The maximum absolute atomic E-state index is 12.5. The molecule has 0 spiro atoms. The third-order valence-electron chi connectivity index (χ3n) is 5.00. The maximum Gasteiger partial charge on any atom is 0.271 e. The summed E-state index contributed by atoms with van der Waals surface area (Å²) in [4.78, 5) is 12.5. The molecule has 0 saturated carbocycles. The Labute approximate surface area is 201 Å². The summed E-state index contributed by atoms with van der Waals surface area (Å²) in [6.45, 7) is 2.91. The third kappa shape index (κ3) is 5.79. The molecule has 166 valence electrons. The smallest absolute Gasteiger partial charge is 0.271 e. The average molecular weight is 503 g/mol. The molecule has 33 heavy (non-hydrogen) atoms. The SMILES string of the molecule is CCOc1ccc(C(=O)NN=Cc2c(OCc3cccc(Br)c3)ccc3ccccc23)cc1. The summed E-state index contributed by atoms with van der Waals surface area (Å²) >= 11 is 3.49. The van der Waals surface area contributed by atoms with Crippen LogP contribution in [-0.2, 0) is 6.61 Å². The Morgan fingerprint density at radius 3 is 2.58 bits per heavy atom. The zero-order valence-electron chi connectivity index (χ0n) is 18.1. The summed E-state index contributed by atoms with van der Waals surface area (Å²) in [5, 5.41) is 6.26. The molecule has 0 saturated heterocycles. The quantitative estimate of drug-likeness (QED) is 0.225. The van der Waals surface area contributed by atoms with Gasteiger partial charge in [-0.2, -0.15) is 5.10 Å². The Bertz CT molecular complexity index is 1290. The van der Waals surface area contributed by atoms with Gasteiger partial charge in [-0.25, -0.2) is 5.43 Å². The second-order valence-corrected chi connectivity index (χ2v) is 8.19. The molecule has 4 aromatic carbocycles. The monoisotopic (exact) mass is 502 g/mol. The van der Waals surface area contributed by atoms with Crippen molar-refractivity contribution in [3.8, 4) is 11.5 Å². The largest absolute Gasteiger partial charge is 0.494 e. The molecule has 6 heteroatoms. The minimum Gasteiger partial charge on any atom is -0.494 e. The van der Waals surface area contributed by atoms with Gasteiger partial charge in [0.2, 0.25) is 0 Å². The molecule has 0 radical (unpaired) electrons. The van der Waals surface area contributed by atoms with Gasteiger partial charge in [0.1, 0.15) is 18.1 Å². The van der Waals surface area contributed by atoms with Crippen molar-refractivity contribution >= 4 is 38.8 Å². The van der Waals surface area contributed by atoms with Crippen molar-refractivity contribution in [3.63, 3.8) is 0 Å². The van der Waals surface area contributed by atoms with Gasteiger partial charge < -0.3 is 9.47 Å². The molecule has 1 N–H and O–H groups in total. The number of rotatable bonds is 8. The highest BCUT2D eigenvalue weighted by Gasteiger charge is 2.09. The van der Waals surface area contributed by atoms with E-state index in [2.05, 4.69) is 26.5 Å². The molecule has 4 aromatic rings. The van der Waals surface area contributed by atoms with Gasteiger partial charge in [-0.15, -0.1) is 0 Å². The fourth-order valence-electron chi connectivity index (χ4n) is 3.41. The first-order chi connectivity index (χ1) is 16.1. The lowest BCUT2D eigenvalue weighted by atomic mass is 10.0. The topological polar surface area (TPSA) is 59.9 Å². The maximum atomic E-state index is 12.5. The molecular weight excluding hydrogens is 480 g/mol. The zero-order valence-corrected chi connectivity index (χ0v) is 19.7. The minimum absolute atomic E-state index is 0.300. The van der Waals surface area contributed by atoms with Gasteiger partial charge in [-0.1, -0.05) is 58.4 Å². The molecule has 1 amide bonds. The fraction of sp³-hybridized carbons (Fsp3) is 0.111. The van der Waals surface area contributed by atoms with Gasteiger partial charge in [0.15, 0.2) is 0 Å². The molecule has 5 nitrogen and oxygen atoms in total. The fourth-order valence-corrected chi connectivity index (χ4v) is 3.86. The van der Waals surface area contributed by atoms with E-state index in [4.69, 9.17) is 9.47 Å². The number of hydrazone groups is 1. The second-order valence-electron chi connectivity index (χ2n) is 7.27. The van der Waals surface area contributed by atoms with Gasteiger partial charge in [0, 0.05) is 15.6 Å². The molecule has 0 aromatic heterocycles. The van der Waals surface area contributed by atoms with Crippen molar-refractivity contribution in [2.45, 2.75) is 13.5 Å². The molecule has 0 aliphatic rings. The first-order valence-electron chi connectivity index (χ1n) is 10.6. The third-order valence-corrected chi connectivity index (χ3v) is 5.49. The molecule has 0 unspecified atom stereocenters. The van der Waals surface area contributed by atoms with Crippen LogP contribution in [0.5, 0.6) is 11.5 Å². The number of hydrogen-bond acceptors (Lipinski definition) is 4. The zero-order chi connectivity index (χ0) is 23.0. The van der Waals surface area contributed by atoms with Crippen LogP contribution in [0.2, 0.25) is 0 Å². The summed E-state index contributed by atoms with van der Waals surface area (Å²) in [5.41, 5.74) is 4.95. The van der Waals surface area contributed by atoms with E-state index in [1.165, 1.54) is 0 Å². The summed E-state index contributed by atoms with van der Waals surface area (Å²) in [5.74, 6) is 1.11. The molecule has 4 rings (SSSR count). The predicted octanol–water partition coefficient (Wildman–Crippen LogP) is 6.34. The van der Waals surface area contributed by atoms with Gasteiger partial charge in [0.05, 0.1) is 12.8 Å². The van der Waals surface area contributed by atoms with E-state index < -0.39 is 0 Å². The predicted molar refractivity (Wildman–Crippen MR) is 135 cm³/mol. The van der Waals surface area contributed by atoms with Gasteiger partial charge in [0.25, 0.3) is 5.91 Å². The van der Waals surface area contributed by atoms with Crippen LogP contribution in [0.25, 0.3) is 10.8 Å². The highest BCUT2D eigenvalue weighted by Crippen LogP contribution is 2.27. The van der Waals surface area contributed by atoms with Crippen LogP contribution in [0.15, 0.2) is 94.5 Å². The van der Waals surface area contributed by atoms with Gasteiger partial charge >= 0.3 is 0 Å². The van der Waals surface area contributed by atoms with Crippen LogP contribution in [0.1, 0.15) is 28.4 Å². The number of carbonyl (C=O) groups is 1. The van der Waals surface area contributed by atoms with E-state index in [1.807, 2.05) is 67.6 Å². The summed E-state index contributed by atoms with van der Waals surface area (Å²) < 4.78 is 12.5. The standard InChI is InChI=1S/C27H23BrN2O3/c1-2-32-23-13-10-21(11-14-23)27(31)30-29-17-25-24-9-4-3-7-20(24)12-15-26(25)33-18-19-6-5-8-22(28)16-19/h3-17H,2,18H2,1H3,(H,30,31). The number of carbonyl (C=O) groups excluding carboxylic acids is 1. The van der Waals surface area contributed by atoms with Crippen LogP contribution >= 0.6 is 15.9 Å². The molecule has 0 fully saturated rings. The molecule has 0 atom stereocenters. The first-order valence-corrected chi connectivity index (χ1v) is 11.4. The van der Waals surface area contributed by atoms with Crippen molar-refractivity contribution in [1.29, 1.82) is 0 Å². The normalized spacial score (nSPS) is 11.0. The second kappa shape index (κ2) is 10.8. The number of nitrogens with zero attached hydrogens (tertiary/aromatic N) is 1. The van der Waals surface area contributed by atoms with E-state index in [1.54, 1.807) is 30.5 Å². The van der Waals surface area contributed by atoms with E-state index in [0.29, 0.717) is 24.5 Å². The average Bonchev–Trinajstić information content (AvgIpc) is 2.84. The molecule has 0 bridgehead atoms. The number of nitrogens with one attached hydrogen (secondary N) is 1. The molecule has 0 aliphatic carbocycles. The van der Waals surface area contributed by atoms with Crippen LogP contribution in [0.3, 0.4) is 0 Å². The first kappa shape index (κ1) is 22.6. The highest BCUT2D eigenvalue weighted by atomic mass is 79.9. The van der Waals surface area contributed by atoms with E-state index >= 15 is 0 Å². The van der Waals surface area contributed by atoms with Gasteiger partial charge in [-0.3, -0.25) is 4.79 Å². The van der Waals surface area contributed by atoms with Crippen molar-refractivity contribution in [3.05, 3.63) is 106 Å². The molecular formula is C27H23BrN2O3. The van der Waals surface area contributed by atoms with Crippen molar-refractivity contribution in [2.75, 3.05) is 6.61 Å². The van der Waals surface area contributed by atoms with Crippen LogP contribution < -0.4 is 14.9 Å². The van der Waals surface area contributed by atoms with E-state index in [9.17, 15) is 4.79 Å². The number of hydrogen-bond donors (Lipinski definition) is 1. The molecule has 0 heterocycles. The van der Waals surface area contributed by atoms with Crippen molar-refractivity contribution in [1.82, 2.24) is 5.43 Å². The minimum atomic E-state index is -0.300. The van der Waals surface area contributed by atoms with Crippen LogP contribution in [-0.4, -0.2) is 18.7 Å². The van der Waals surface area contributed by atoms with Crippen LogP contribution in [0, 0.1) is 0 Å². The lowest BCUT2D eigenvalue weighted by Gasteiger charge is -2.12. The Kier molecular flexibility index (Phi) is 7.37. The molecule has 0 aliphatic heterocycles. The van der Waals surface area contributed by atoms with E-state index in [0.717, 1.165) is 32.1 Å². The Balaban J connectivity index is 1.54. The summed E-state index contributed by atoms with van der Waals surface area (Å²) in [6, 6.07) is 26.9. The summed E-state index contributed by atoms with van der Waals surface area (Å²) in [6.07, 6.45) is 1.63. The lowest BCUT2D eigenvalue weighted by Crippen LogP contribution is -2.17. The number of benzene rings is 4. The van der Waals surface area contributed by atoms with Crippen molar-refractivity contribution in [2.24, 2.45) is 5.10 Å². The number of amides is 1. The number of ether oxygens (including phenoxy) is 2. The Morgan fingerprint density at radius 2 is 1.79 bits per heavy atom. The highest BCUT2D eigenvalue weighted by molar-refractivity contribution is 9.10. The van der Waals surface area contributed by atoms with Crippen molar-refractivity contribution < 1.29 is 14.3 Å². The Hall–Kier alpha value is -3.64. The van der Waals surface area contributed by atoms with Crippen LogP contribution in [0.4, 0.5) is 0 Å². The lowest BCUT2D eigenvalue weighted by molar-refractivity contribution is 0.0955. The Morgan fingerprint density at radius 1 is 0.970 bits per heavy atom. The summed E-state index contributed by atoms with van der Waals surface area (Å²) in [7, 11) is 0. The van der Waals surface area contributed by atoms with E-state index in [-0.39, 0.29) is 5.91 Å². The number of fused-ring (bicyclic) bond motifs is 1.